The Balaban J connectivity index is 1.80. The van der Waals surface area contributed by atoms with E-state index in [4.69, 9.17) is 4.74 Å². The number of hydrogen-bond acceptors (Lipinski definition) is 4. The van der Waals surface area contributed by atoms with Crippen molar-refractivity contribution < 1.29 is 4.74 Å². The summed E-state index contributed by atoms with van der Waals surface area (Å²) in [6.45, 7) is 5.92. The normalized spacial score (nSPS) is 12.3. The first-order chi connectivity index (χ1) is 10.2. The highest BCUT2D eigenvalue weighted by Gasteiger charge is 2.06. The van der Waals surface area contributed by atoms with E-state index in [0.29, 0.717) is 6.04 Å². The van der Waals surface area contributed by atoms with Gasteiger partial charge in [0, 0.05) is 26.1 Å². The van der Waals surface area contributed by atoms with Gasteiger partial charge in [-0.25, -0.2) is 0 Å². The molecule has 0 radical (unpaired) electrons. The van der Waals surface area contributed by atoms with E-state index in [1.807, 2.05) is 23.7 Å². The molecule has 0 amide bonds. The first-order valence-corrected chi connectivity index (χ1v) is 7.49. The number of ether oxygens (including phenoxy) is 1. The van der Waals surface area contributed by atoms with E-state index in [1.54, 1.807) is 6.33 Å². The number of nitrogens with zero attached hydrogens (tertiary/aromatic N) is 3. The molecule has 0 aliphatic carbocycles. The highest BCUT2D eigenvalue weighted by atomic mass is 16.5. The van der Waals surface area contributed by atoms with Crippen LogP contribution >= 0.6 is 0 Å². The Hall–Kier alpha value is -1.88. The van der Waals surface area contributed by atoms with Crippen LogP contribution in [0.15, 0.2) is 30.6 Å². The van der Waals surface area contributed by atoms with Crippen LogP contribution in [0.5, 0.6) is 5.75 Å². The summed E-state index contributed by atoms with van der Waals surface area (Å²) >= 11 is 0. The molecule has 114 valence electrons. The van der Waals surface area contributed by atoms with Gasteiger partial charge in [0.25, 0.3) is 0 Å². The van der Waals surface area contributed by atoms with Crippen LogP contribution in [0, 0.1) is 0 Å². The van der Waals surface area contributed by atoms with E-state index in [9.17, 15) is 0 Å². The Kier molecular flexibility index (Phi) is 5.75. The molecule has 1 heterocycles. The molecule has 2 rings (SSSR count). The number of nitrogens with one attached hydrogen (secondary N) is 1. The summed E-state index contributed by atoms with van der Waals surface area (Å²) < 4.78 is 7.55. The second kappa shape index (κ2) is 7.78. The third-order valence-electron chi connectivity index (χ3n) is 3.46. The van der Waals surface area contributed by atoms with Crippen molar-refractivity contribution in [2.75, 3.05) is 13.2 Å². The molecular formula is C16H24N4O. The highest BCUT2D eigenvalue weighted by molar-refractivity contribution is 5.28. The van der Waals surface area contributed by atoms with Gasteiger partial charge in [0.05, 0.1) is 6.61 Å². The second-order valence-electron chi connectivity index (χ2n) is 5.20. The van der Waals surface area contributed by atoms with E-state index >= 15 is 0 Å². The smallest absolute Gasteiger partial charge is 0.133 e. The van der Waals surface area contributed by atoms with Gasteiger partial charge in [-0.05, 0) is 31.0 Å². The van der Waals surface area contributed by atoms with E-state index in [0.717, 1.165) is 37.6 Å². The van der Waals surface area contributed by atoms with Crippen molar-refractivity contribution in [2.24, 2.45) is 7.05 Å². The number of aromatic nitrogens is 3. The van der Waals surface area contributed by atoms with Gasteiger partial charge in [0.15, 0.2) is 0 Å². The summed E-state index contributed by atoms with van der Waals surface area (Å²) in [5, 5.41) is 11.5. The summed E-state index contributed by atoms with van der Waals surface area (Å²) in [4.78, 5) is 0. The molecule has 1 N–H and O–H groups in total. The minimum Gasteiger partial charge on any atom is -0.494 e. The molecule has 5 nitrogen and oxygen atoms in total. The van der Waals surface area contributed by atoms with E-state index < -0.39 is 0 Å². The first-order valence-electron chi connectivity index (χ1n) is 7.49. The topological polar surface area (TPSA) is 52.0 Å². The maximum atomic E-state index is 5.59. The average Bonchev–Trinajstić information content (AvgIpc) is 2.91. The molecule has 1 unspecified atom stereocenters. The van der Waals surface area contributed by atoms with Crippen LogP contribution < -0.4 is 10.1 Å². The van der Waals surface area contributed by atoms with Gasteiger partial charge >= 0.3 is 0 Å². The van der Waals surface area contributed by atoms with E-state index in [-0.39, 0.29) is 0 Å². The van der Waals surface area contributed by atoms with Crippen molar-refractivity contribution in [3.05, 3.63) is 42.0 Å². The molecule has 1 atom stereocenters. The second-order valence-corrected chi connectivity index (χ2v) is 5.20. The maximum absolute atomic E-state index is 5.59. The molecule has 2 aromatic rings. The van der Waals surface area contributed by atoms with Gasteiger partial charge in [-0.3, -0.25) is 0 Å². The van der Waals surface area contributed by atoms with E-state index in [2.05, 4.69) is 41.5 Å². The maximum Gasteiger partial charge on any atom is 0.133 e. The fraction of sp³-hybridized carbons (Fsp3) is 0.500. The summed E-state index contributed by atoms with van der Waals surface area (Å²) in [6.07, 6.45) is 3.63. The molecule has 21 heavy (non-hydrogen) atoms. The van der Waals surface area contributed by atoms with Gasteiger partial charge in [-0.1, -0.05) is 19.1 Å². The molecule has 5 heteroatoms. The standard InChI is InChI=1S/C16H24N4O/c1-4-11-21-15-7-5-14(6-8-15)13(2)17-10-9-16-19-18-12-20(16)3/h5-8,12-13,17H,4,9-11H2,1-3H3. The Labute approximate surface area is 126 Å². The fourth-order valence-corrected chi connectivity index (χ4v) is 2.12. The highest BCUT2D eigenvalue weighted by Crippen LogP contribution is 2.17. The monoisotopic (exact) mass is 288 g/mol. The van der Waals surface area contributed by atoms with Gasteiger partial charge in [-0.15, -0.1) is 10.2 Å². The van der Waals surface area contributed by atoms with Crippen molar-refractivity contribution >= 4 is 0 Å². The third-order valence-corrected chi connectivity index (χ3v) is 3.46. The number of rotatable bonds is 8. The molecular weight excluding hydrogens is 264 g/mol. The molecule has 0 aliphatic heterocycles. The van der Waals surface area contributed by atoms with Crippen molar-refractivity contribution in [2.45, 2.75) is 32.7 Å². The predicted octanol–water partition coefficient (Wildman–Crippen LogP) is 2.50. The number of benzene rings is 1. The molecule has 0 aliphatic rings. The Morgan fingerprint density at radius 2 is 2.05 bits per heavy atom. The Morgan fingerprint density at radius 1 is 1.29 bits per heavy atom. The minimum absolute atomic E-state index is 0.304. The SMILES string of the molecule is CCCOc1ccc(C(C)NCCc2nncn2C)cc1. The molecule has 0 fully saturated rings. The van der Waals surface area contributed by atoms with Crippen molar-refractivity contribution in [3.63, 3.8) is 0 Å². The lowest BCUT2D eigenvalue weighted by Crippen LogP contribution is -2.22. The summed E-state index contributed by atoms with van der Waals surface area (Å²) in [6, 6.07) is 8.60. The molecule has 0 bridgehead atoms. The van der Waals surface area contributed by atoms with Crippen molar-refractivity contribution in [3.8, 4) is 5.75 Å². The van der Waals surface area contributed by atoms with Gasteiger partial charge in [0.2, 0.25) is 0 Å². The zero-order valence-corrected chi connectivity index (χ0v) is 13.0. The lowest BCUT2D eigenvalue weighted by atomic mass is 10.1. The zero-order chi connectivity index (χ0) is 15.1. The van der Waals surface area contributed by atoms with Gasteiger partial charge in [0.1, 0.15) is 17.9 Å². The summed E-state index contributed by atoms with van der Waals surface area (Å²) in [7, 11) is 1.97. The third kappa shape index (κ3) is 4.56. The molecule has 1 aromatic heterocycles. The van der Waals surface area contributed by atoms with Crippen molar-refractivity contribution in [1.82, 2.24) is 20.1 Å². The molecule has 0 spiro atoms. The van der Waals surface area contributed by atoms with Crippen LogP contribution in [0.1, 0.15) is 37.7 Å². The Morgan fingerprint density at radius 3 is 2.67 bits per heavy atom. The molecule has 0 saturated carbocycles. The van der Waals surface area contributed by atoms with Crippen LogP contribution in [-0.2, 0) is 13.5 Å². The predicted molar refractivity (Wildman–Crippen MR) is 83.4 cm³/mol. The van der Waals surface area contributed by atoms with Crippen molar-refractivity contribution in [1.29, 1.82) is 0 Å². The first kappa shape index (κ1) is 15.5. The zero-order valence-electron chi connectivity index (χ0n) is 13.0. The number of aryl methyl sites for hydroxylation is 1. The molecule has 1 aromatic carbocycles. The summed E-state index contributed by atoms with van der Waals surface area (Å²) in [5.74, 6) is 1.94. The largest absolute Gasteiger partial charge is 0.494 e. The minimum atomic E-state index is 0.304. The van der Waals surface area contributed by atoms with Crippen LogP contribution in [-0.4, -0.2) is 27.9 Å². The van der Waals surface area contributed by atoms with Crippen LogP contribution in [0.3, 0.4) is 0 Å². The fourth-order valence-electron chi connectivity index (χ4n) is 2.12. The number of hydrogen-bond donors (Lipinski definition) is 1. The van der Waals surface area contributed by atoms with Crippen LogP contribution in [0.25, 0.3) is 0 Å². The van der Waals surface area contributed by atoms with Gasteiger partial charge in [-0.2, -0.15) is 0 Å². The summed E-state index contributed by atoms with van der Waals surface area (Å²) in [5.41, 5.74) is 1.26. The lowest BCUT2D eigenvalue weighted by Gasteiger charge is -2.14. The molecule has 0 saturated heterocycles. The average molecular weight is 288 g/mol. The lowest BCUT2D eigenvalue weighted by molar-refractivity contribution is 0.317. The van der Waals surface area contributed by atoms with Crippen LogP contribution in [0.4, 0.5) is 0 Å². The van der Waals surface area contributed by atoms with E-state index in [1.165, 1.54) is 5.56 Å². The van der Waals surface area contributed by atoms with Gasteiger partial charge < -0.3 is 14.6 Å². The quantitative estimate of drug-likeness (QED) is 0.811. The Bertz CT molecular complexity index is 535. The van der Waals surface area contributed by atoms with Crippen LogP contribution in [0.2, 0.25) is 0 Å².